The molecule has 1 saturated heterocycles. The molecule has 2 aliphatic rings. The van der Waals surface area contributed by atoms with Crippen LogP contribution in [0.3, 0.4) is 0 Å². The van der Waals surface area contributed by atoms with Crippen LogP contribution in [0.15, 0.2) is 23.4 Å². The zero-order valence-electron chi connectivity index (χ0n) is 18.4. The predicted octanol–water partition coefficient (Wildman–Crippen LogP) is 1.90. The Labute approximate surface area is 179 Å². The van der Waals surface area contributed by atoms with E-state index in [4.69, 9.17) is 10.6 Å². The number of carbonyl (C=O) groups excluding carboxylic acids is 1. The number of aromatic nitrogens is 1. The van der Waals surface area contributed by atoms with Gasteiger partial charge in [0.05, 0.1) is 35.8 Å². The van der Waals surface area contributed by atoms with Crippen molar-refractivity contribution >= 4 is 17.9 Å². The molecule has 8 heteroatoms. The van der Waals surface area contributed by atoms with E-state index in [-0.39, 0.29) is 12.4 Å². The summed E-state index contributed by atoms with van der Waals surface area (Å²) in [6.07, 6.45) is 6.60. The summed E-state index contributed by atoms with van der Waals surface area (Å²) in [5, 5.41) is 14.4. The molecule has 0 unspecified atom stereocenters. The number of piperazine rings is 1. The number of nitrogens with two attached hydrogens (primary N) is 1. The van der Waals surface area contributed by atoms with E-state index in [0.717, 1.165) is 50.4 Å². The van der Waals surface area contributed by atoms with Crippen molar-refractivity contribution in [3.05, 3.63) is 24.0 Å². The van der Waals surface area contributed by atoms with Crippen LogP contribution in [0.25, 0.3) is 0 Å². The molecule has 0 aromatic carbocycles. The summed E-state index contributed by atoms with van der Waals surface area (Å²) in [6, 6.07) is 4.44. The second-order valence-corrected chi connectivity index (χ2v) is 9.46. The number of hydrazone groups is 1. The summed E-state index contributed by atoms with van der Waals surface area (Å²) in [7, 11) is 0. The number of hydrogen-bond donors (Lipinski definition) is 2. The zero-order valence-corrected chi connectivity index (χ0v) is 18.4. The van der Waals surface area contributed by atoms with E-state index in [9.17, 15) is 9.90 Å². The molecule has 0 atom stereocenters. The average Bonchev–Trinajstić information content (AvgIpc) is 2.68. The highest BCUT2D eigenvalue weighted by Crippen LogP contribution is 2.34. The Bertz CT molecular complexity index is 728. The molecule has 1 aromatic heterocycles. The number of ether oxygens (including phenoxy) is 1. The highest BCUT2D eigenvalue weighted by Gasteiger charge is 2.38. The van der Waals surface area contributed by atoms with Crippen molar-refractivity contribution in [1.29, 1.82) is 0 Å². The molecule has 0 spiro atoms. The Hall–Kier alpha value is -2.19. The number of anilines is 1. The van der Waals surface area contributed by atoms with Crippen LogP contribution in [0.4, 0.5) is 5.69 Å². The van der Waals surface area contributed by atoms with E-state index >= 15 is 0 Å². The molecule has 0 bridgehead atoms. The maximum absolute atomic E-state index is 12.1. The lowest BCUT2D eigenvalue weighted by Gasteiger charge is -2.44. The fourth-order valence-electron chi connectivity index (χ4n) is 4.41. The van der Waals surface area contributed by atoms with Crippen LogP contribution >= 0.6 is 0 Å². The Kier molecular flexibility index (Phi) is 6.98. The lowest BCUT2D eigenvalue weighted by molar-refractivity contribution is -0.162. The molecule has 0 radical (unpaired) electrons. The van der Waals surface area contributed by atoms with E-state index < -0.39 is 11.2 Å². The number of nitrogens with zero attached hydrogens (tertiary/aromatic N) is 4. The third-order valence-corrected chi connectivity index (χ3v) is 5.95. The van der Waals surface area contributed by atoms with E-state index in [1.54, 1.807) is 0 Å². The quantitative estimate of drug-likeness (QED) is 0.326. The van der Waals surface area contributed by atoms with Crippen LogP contribution in [-0.4, -0.2) is 70.6 Å². The van der Waals surface area contributed by atoms with Gasteiger partial charge in [0.1, 0.15) is 5.60 Å². The van der Waals surface area contributed by atoms with Gasteiger partial charge in [-0.15, -0.1) is 0 Å². The monoisotopic (exact) mass is 417 g/mol. The number of aliphatic hydroxyl groups is 1. The first kappa shape index (κ1) is 22.5. The van der Waals surface area contributed by atoms with E-state index in [1.165, 1.54) is 6.21 Å². The van der Waals surface area contributed by atoms with Gasteiger partial charge in [0, 0.05) is 32.2 Å². The summed E-state index contributed by atoms with van der Waals surface area (Å²) in [5.74, 6) is 4.86. The first-order chi connectivity index (χ1) is 14.2. The average molecular weight is 418 g/mol. The molecule has 1 aliphatic heterocycles. The van der Waals surface area contributed by atoms with Crippen molar-refractivity contribution in [3.63, 3.8) is 0 Å². The van der Waals surface area contributed by atoms with Gasteiger partial charge in [-0.3, -0.25) is 14.7 Å². The highest BCUT2D eigenvalue weighted by molar-refractivity contribution is 5.77. The van der Waals surface area contributed by atoms with Crippen molar-refractivity contribution in [2.75, 3.05) is 31.1 Å². The summed E-state index contributed by atoms with van der Waals surface area (Å²) in [5.41, 5.74) is 0.416. The van der Waals surface area contributed by atoms with Crippen LogP contribution in [-0.2, 0) is 9.53 Å². The fraction of sp³-hybridized carbons (Fsp3) is 0.682. The molecule has 1 aromatic rings. The SMILES string of the molecule is CC(C)(C)OC(=O)CC1(O)CCC(N2CCN(c3ccc(C=NN)nc3)CC2)CC1. The fourth-order valence-corrected chi connectivity index (χ4v) is 4.41. The van der Waals surface area contributed by atoms with E-state index in [0.29, 0.717) is 18.9 Å². The van der Waals surface area contributed by atoms with Gasteiger partial charge in [-0.25, -0.2) is 0 Å². The number of esters is 1. The molecule has 1 aliphatic carbocycles. The third-order valence-electron chi connectivity index (χ3n) is 5.95. The summed E-state index contributed by atoms with van der Waals surface area (Å²) in [6.45, 7) is 9.43. The summed E-state index contributed by atoms with van der Waals surface area (Å²) < 4.78 is 5.39. The van der Waals surface area contributed by atoms with Crippen molar-refractivity contribution in [3.8, 4) is 0 Å². The highest BCUT2D eigenvalue weighted by atomic mass is 16.6. The normalized spacial score (nSPS) is 26.1. The topological polar surface area (TPSA) is 104 Å². The first-order valence-corrected chi connectivity index (χ1v) is 10.8. The minimum Gasteiger partial charge on any atom is -0.460 e. The van der Waals surface area contributed by atoms with Gasteiger partial charge in [0.15, 0.2) is 0 Å². The Balaban J connectivity index is 1.45. The van der Waals surface area contributed by atoms with Crippen LogP contribution < -0.4 is 10.7 Å². The molecule has 166 valence electrons. The van der Waals surface area contributed by atoms with Gasteiger partial charge in [0.25, 0.3) is 0 Å². The molecule has 30 heavy (non-hydrogen) atoms. The number of hydrogen-bond acceptors (Lipinski definition) is 8. The van der Waals surface area contributed by atoms with Crippen molar-refractivity contribution in [2.24, 2.45) is 10.9 Å². The first-order valence-electron chi connectivity index (χ1n) is 10.8. The molecule has 2 fully saturated rings. The van der Waals surface area contributed by atoms with Gasteiger partial charge in [0.2, 0.25) is 0 Å². The predicted molar refractivity (Wildman–Crippen MR) is 117 cm³/mol. The molecule has 2 heterocycles. The Morgan fingerprint density at radius 1 is 1.30 bits per heavy atom. The van der Waals surface area contributed by atoms with Gasteiger partial charge < -0.3 is 20.6 Å². The number of carbonyl (C=O) groups is 1. The van der Waals surface area contributed by atoms with Crippen molar-refractivity contribution < 1.29 is 14.6 Å². The van der Waals surface area contributed by atoms with Crippen LogP contribution in [0, 0.1) is 0 Å². The summed E-state index contributed by atoms with van der Waals surface area (Å²) >= 11 is 0. The minimum absolute atomic E-state index is 0.0859. The lowest BCUT2D eigenvalue weighted by Crippen LogP contribution is -2.52. The van der Waals surface area contributed by atoms with E-state index in [1.807, 2.05) is 33.0 Å². The van der Waals surface area contributed by atoms with Crippen LogP contribution in [0.2, 0.25) is 0 Å². The summed E-state index contributed by atoms with van der Waals surface area (Å²) in [4.78, 5) is 21.4. The zero-order chi connectivity index (χ0) is 21.8. The Morgan fingerprint density at radius 3 is 2.50 bits per heavy atom. The number of rotatable bonds is 5. The lowest BCUT2D eigenvalue weighted by atomic mass is 9.79. The van der Waals surface area contributed by atoms with Crippen LogP contribution in [0.1, 0.15) is 58.6 Å². The molecule has 0 amide bonds. The van der Waals surface area contributed by atoms with Crippen LogP contribution in [0.5, 0.6) is 0 Å². The van der Waals surface area contributed by atoms with Gasteiger partial charge in [-0.05, 0) is 58.6 Å². The smallest absolute Gasteiger partial charge is 0.309 e. The second-order valence-electron chi connectivity index (χ2n) is 9.46. The van der Waals surface area contributed by atoms with Gasteiger partial charge >= 0.3 is 5.97 Å². The second kappa shape index (κ2) is 9.31. The molecule has 3 rings (SSSR count). The molecular weight excluding hydrogens is 382 g/mol. The van der Waals surface area contributed by atoms with Crippen molar-refractivity contribution in [1.82, 2.24) is 9.88 Å². The third kappa shape index (κ3) is 6.15. The molecule has 1 saturated carbocycles. The van der Waals surface area contributed by atoms with Crippen molar-refractivity contribution in [2.45, 2.75) is 70.1 Å². The number of pyridine rings is 1. The van der Waals surface area contributed by atoms with E-state index in [2.05, 4.69) is 26.0 Å². The Morgan fingerprint density at radius 2 is 1.97 bits per heavy atom. The van der Waals surface area contributed by atoms with Gasteiger partial charge in [-0.1, -0.05) is 0 Å². The molecular formula is C22H35N5O3. The minimum atomic E-state index is -0.930. The maximum atomic E-state index is 12.1. The van der Waals surface area contributed by atoms with Gasteiger partial charge in [-0.2, -0.15) is 5.10 Å². The molecule has 8 nitrogen and oxygen atoms in total. The standard InChI is InChI=1S/C22H35N5O3/c1-21(2,3)30-20(28)14-22(29)8-6-18(7-9-22)26-10-12-27(13-11-26)19-5-4-17(15-25-23)24-16-19/h4-5,15-16,18,29H,6-14,23H2,1-3H3. The maximum Gasteiger partial charge on any atom is 0.309 e. The molecule has 3 N–H and O–H groups in total. The largest absolute Gasteiger partial charge is 0.460 e.